The molecule has 1 aromatic carbocycles. The third-order valence-electron chi connectivity index (χ3n) is 2.74. The van der Waals surface area contributed by atoms with Crippen molar-refractivity contribution in [1.29, 1.82) is 0 Å². The van der Waals surface area contributed by atoms with Crippen LogP contribution in [0.3, 0.4) is 0 Å². The maximum Gasteiger partial charge on any atom is 0.323 e. The van der Waals surface area contributed by atoms with Crippen LogP contribution in [0, 0.1) is 0 Å². The van der Waals surface area contributed by atoms with Crippen LogP contribution in [0.25, 0.3) is 0 Å². The molecule has 0 saturated carbocycles. The van der Waals surface area contributed by atoms with E-state index in [4.69, 9.17) is 4.74 Å². The largest absolute Gasteiger partial charge is 0.508 e. The van der Waals surface area contributed by atoms with Crippen LogP contribution in [0.5, 0.6) is 5.75 Å². The highest BCUT2D eigenvalue weighted by molar-refractivity contribution is 7.99. The molecule has 1 N–H and O–H groups in total. The van der Waals surface area contributed by atoms with Crippen molar-refractivity contribution in [3.8, 4) is 5.75 Å². The van der Waals surface area contributed by atoms with Crippen molar-refractivity contribution in [2.24, 2.45) is 0 Å². The van der Waals surface area contributed by atoms with Gasteiger partial charge in [0.2, 0.25) is 0 Å². The molecule has 1 aromatic rings. The molecule has 1 aliphatic heterocycles. The molecule has 1 saturated heterocycles. The minimum absolute atomic E-state index is 0.174. The number of hydrogen-bond acceptors (Lipinski definition) is 5. The zero-order chi connectivity index (χ0) is 12.3. The van der Waals surface area contributed by atoms with Gasteiger partial charge in [-0.3, -0.25) is 9.69 Å². The highest BCUT2D eigenvalue weighted by Gasteiger charge is 2.31. The van der Waals surface area contributed by atoms with Crippen LogP contribution < -0.4 is 0 Å². The van der Waals surface area contributed by atoms with Crippen molar-refractivity contribution in [2.45, 2.75) is 12.6 Å². The molecule has 5 heteroatoms. The minimum atomic E-state index is -0.185. The predicted molar refractivity (Wildman–Crippen MR) is 66.8 cm³/mol. The van der Waals surface area contributed by atoms with E-state index in [0.29, 0.717) is 6.54 Å². The highest BCUT2D eigenvalue weighted by atomic mass is 32.2. The first-order valence-corrected chi connectivity index (χ1v) is 6.53. The molecular formula is C12H15NO3S. The van der Waals surface area contributed by atoms with Crippen molar-refractivity contribution in [2.75, 3.05) is 18.7 Å². The third kappa shape index (κ3) is 2.92. The van der Waals surface area contributed by atoms with Crippen molar-refractivity contribution >= 4 is 17.7 Å². The van der Waals surface area contributed by atoms with E-state index in [9.17, 15) is 9.90 Å². The number of esters is 1. The summed E-state index contributed by atoms with van der Waals surface area (Å²) in [4.78, 5) is 13.6. The third-order valence-corrected chi connectivity index (χ3v) is 3.81. The standard InChI is InChI=1S/C12H15NO3S/c1-16-12(15)11-7-17-8-13(11)6-9-3-2-4-10(14)5-9/h2-5,11,14H,6-8H2,1H3/t11-/m0/s1. The van der Waals surface area contributed by atoms with E-state index in [1.807, 2.05) is 6.07 Å². The highest BCUT2D eigenvalue weighted by Crippen LogP contribution is 2.24. The maximum absolute atomic E-state index is 11.6. The summed E-state index contributed by atoms with van der Waals surface area (Å²) in [7, 11) is 1.41. The predicted octanol–water partition coefficient (Wildman–Crippen LogP) is 1.44. The fourth-order valence-corrected chi connectivity index (χ4v) is 3.06. The van der Waals surface area contributed by atoms with E-state index < -0.39 is 0 Å². The Morgan fingerprint density at radius 1 is 1.65 bits per heavy atom. The first kappa shape index (κ1) is 12.3. The number of carbonyl (C=O) groups is 1. The Balaban J connectivity index is 2.05. The maximum atomic E-state index is 11.6. The Bertz CT molecular complexity index is 410. The van der Waals surface area contributed by atoms with E-state index in [-0.39, 0.29) is 17.8 Å². The smallest absolute Gasteiger partial charge is 0.323 e. The zero-order valence-corrected chi connectivity index (χ0v) is 10.4. The van der Waals surface area contributed by atoms with E-state index in [0.717, 1.165) is 17.2 Å². The van der Waals surface area contributed by atoms with E-state index in [1.54, 1.807) is 30.0 Å². The van der Waals surface area contributed by atoms with Crippen LogP contribution >= 0.6 is 11.8 Å². The number of ether oxygens (including phenoxy) is 1. The minimum Gasteiger partial charge on any atom is -0.508 e. The molecule has 1 heterocycles. The molecule has 1 fully saturated rings. The first-order valence-electron chi connectivity index (χ1n) is 5.38. The molecule has 0 aliphatic carbocycles. The lowest BCUT2D eigenvalue weighted by atomic mass is 10.2. The quantitative estimate of drug-likeness (QED) is 0.826. The van der Waals surface area contributed by atoms with Gasteiger partial charge in [-0.2, -0.15) is 0 Å². The molecule has 0 spiro atoms. The first-order chi connectivity index (χ1) is 8.20. The van der Waals surface area contributed by atoms with Crippen molar-refractivity contribution in [3.05, 3.63) is 29.8 Å². The summed E-state index contributed by atoms with van der Waals surface area (Å²) in [6, 6.07) is 6.93. The summed E-state index contributed by atoms with van der Waals surface area (Å²) >= 11 is 1.72. The molecule has 0 aromatic heterocycles. The molecule has 92 valence electrons. The van der Waals surface area contributed by atoms with Gasteiger partial charge in [0.25, 0.3) is 0 Å². The number of phenols is 1. The number of rotatable bonds is 3. The van der Waals surface area contributed by atoms with Gasteiger partial charge in [0.05, 0.1) is 7.11 Å². The monoisotopic (exact) mass is 253 g/mol. The molecular weight excluding hydrogens is 238 g/mol. The van der Waals surface area contributed by atoms with E-state index >= 15 is 0 Å². The average molecular weight is 253 g/mol. The summed E-state index contributed by atoms with van der Waals surface area (Å²) in [5.41, 5.74) is 1.00. The van der Waals surface area contributed by atoms with Crippen LogP contribution in [0.15, 0.2) is 24.3 Å². The van der Waals surface area contributed by atoms with Crippen LogP contribution in [-0.4, -0.2) is 40.8 Å². The van der Waals surface area contributed by atoms with Gasteiger partial charge in [0, 0.05) is 18.2 Å². The summed E-state index contributed by atoms with van der Waals surface area (Å²) < 4.78 is 4.78. The van der Waals surface area contributed by atoms with E-state index in [1.165, 1.54) is 7.11 Å². The van der Waals surface area contributed by atoms with Gasteiger partial charge in [-0.05, 0) is 17.7 Å². The molecule has 0 bridgehead atoms. The lowest BCUT2D eigenvalue weighted by Crippen LogP contribution is -2.38. The van der Waals surface area contributed by atoms with Gasteiger partial charge in [-0.25, -0.2) is 0 Å². The second kappa shape index (κ2) is 5.42. The van der Waals surface area contributed by atoms with Crippen molar-refractivity contribution < 1.29 is 14.6 Å². The number of nitrogens with zero attached hydrogens (tertiary/aromatic N) is 1. The fourth-order valence-electron chi connectivity index (χ4n) is 1.88. The van der Waals surface area contributed by atoms with E-state index in [2.05, 4.69) is 4.90 Å². The topological polar surface area (TPSA) is 49.8 Å². The Morgan fingerprint density at radius 3 is 3.18 bits per heavy atom. The normalized spacial score (nSPS) is 20.4. The van der Waals surface area contributed by atoms with Crippen molar-refractivity contribution in [1.82, 2.24) is 4.90 Å². The SMILES string of the molecule is COC(=O)[C@@H]1CSCN1Cc1cccc(O)c1. The second-order valence-corrected chi connectivity index (χ2v) is 4.96. The van der Waals surface area contributed by atoms with Gasteiger partial charge in [-0.1, -0.05) is 12.1 Å². The summed E-state index contributed by atoms with van der Waals surface area (Å²) in [5, 5.41) is 9.39. The van der Waals surface area contributed by atoms with Crippen LogP contribution in [0.2, 0.25) is 0 Å². The number of hydrogen-bond donors (Lipinski definition) is 1. The van der Waals surface area contributed by atoms with Gasteiger partial charge >= 0.3 is 5.97 Å². The fraction of sp³-hybridized carbons (Fsp3) is 0.417. The van der Waals surface area contributed by atoms with Gasteiger partial charge in [0.1, 0.15) is 11.8 Å². The number of benzene rings is 1. The summed E-state index contributed by atoms with van der Waals surface area (Å²) in [6.45, 7) is 0.654. The lowest BCUT2D eigenvalue weighted by Gasteiger charge is -2.21. The second-order valence-electron chi connectivity index (χ2n) is 3.96. The number of methoxy groups -OCH3 is 1. The van der Waals surface area contributed by atoms with Crippen LogP contribution in [0.1, 0.15) is 5.56 Å². The molecule has 1 aliphatic rings. The molecule has 0 radical (unpaired) electrons. The average Bonchev–Trinajstić information content (AvgIpc) is 2.76. The number of aromatic hydroxyl groups is 1. The Labute approximate surface area is 105 Å². The Morgan fingerprint density at radius 2 is 2.47 bits per heavy atom. The lowest BCUT2D eigenvalue weighted by molar-refractivity contribution is -0.145. The number of thioether (sulfide) groups is 1. The molecule has 0 amide bonds. The summed E-state index contributed by atoms with van der Waals surface area (Å²) in [6.07, 6.45) is 0. The zero-order valence-electron chi connectivity index (χ0n) is 9.63. The number of phenolic OH excluding ortho intramolecular Hbond substituents is 1. The molecule has 2 rings (SSSR count). The molecule has 1 atom stereocenters. The summed E-state index contributed by atoms with van der Waals surface area (Å²) in [5.74, 6) is 1.65. The number of carbonyl (C=O) groups excluding carboxylic acids is 1. The van der Waals surface area contributed by atoms with Gasteiger partial charge in [-0.15, -0.1) is 11.8 Å². The Hall–Kier alpha value is -1.20. The molecule has 17 heavy (non-hydrogen) atoms. The molecule has 0 unspecified atom stereocenters. The molecule has 4 nitrogen and oxygen atoms in total. The van der Waals surface area contributed by atoms with Crippen LogP contribution in [-0.2, 0) is 16.1 Å². The Kier molecular flexibility index (Phi) is 3.91. The van der Waals surface area contributed by atoms with Crippen LogP contribution in [0.4, 0.5) is 0 Å². The van der Waals surface area contributed by atoms with Crippen molar-refractivity contribution in [3.63, 3.8) is 0 Å². The van der Waals surface area contributed by atoms with Gasteiger partial charge < -0.3 is 9.84 Å². The van der Waals surface area contributed by atoms with Gasteiger partial charge in [0.15, 0.2) is 0 Å².